The van der Waals surface area contributed by atoms with Gasteiger partial charge in [0.2, 0.25) is 11.8 Å². The van der Waals surface area contributed by atoms with Crippen molar-refractivity contribution in [3.05, 3.63) is 35.6 Å². The van der Waals surface area contributed by atoms with Crippen molar-refractivity contribution in [2.75, 3.05) is 40.3 Å². The summed E-state index contributed by atoms with van der Waals surface area (Å²) in [6, 6.07) is 6.69. The maximum Gasteiger partial charge on any atom is 0.236 e. The van der Waals surface area contributed by atoms with Crippen LogP contribution in [0.4, 0.5) is 4.39 Å². The standard InChI is InChI=1S/C21H30FN3O2/c1-23(15-17-5-3-4-6-18(17)22)16-20(27)25-13-10-21(11-14-25)8-7-19(26)24(2)12-9-21/h3-6H,7-16H2,1-2H3. The van der Waals surface area contributed by atoms with Crippen LogP contribution in [0.5, 0.6) is 0 Å². The molecule has 0 atom stereocenters. The number of nitrogens with zero attached hydrogens (tertiary/aromatic N) is 3. The summed E-state index contributed by atoms with van der Waals surface area (Å²) in [6.07, 6.45) is 4.53. The molecule has 3 rings (SSSR count). The monoisotopic (exact) mass is 375 g/mol. The van der Waals surface area contributed by atoms with Crippen molar-refractivity contribution >= 4 is 11.8 Å². The van der Waals surface area contributed by atoms with E-state index in [1.54, 1.807) is 12.1 Å². The maximum absolute atomic E-state index is 13.8. The summed E-state index contributed by atoms with van der Waals surface area (Å²) in [5.41, 5.74) is 0.814. The Bertz CT molecular complexity index is 686. The van der Waals surface area contributed by atoms with Crippen molar-refractivity contribution in [2.45, 2.75) is 38.6 Å². The van der Waals surface area contributed by atoms with E-state index < -0.39 is 0 Å². The van der Waals surface area contributed by atoms with Gasteiger partial charge in [-0.05, 0) is 44.2 Å². The molecular formula is C21H30FN3O2. The van der Waals surface area contributed by atoms with Crippen LogP contribution in [0.25, 0.3) is 0 Å². The average Bonchev–Trinajstić information content (AvgIpc) is 2.78. The smallest absolute Gasteiger partial charge is 0.236 e. The van der Waals surface area contributed by atoms with E-state index in [4.69, 9.17) is 0 Å². The van der Waals surface area contributed by atoms with Gasteiger partial charge in [-0.1, -0.05) is 18.2 Å². The van der Waals surface area contributed by atoms with Crippen molar-refractivity contribution in [3.8, 4) is 0 Å². The van der Waals surface area contributed by atoms with Gasteiger partial charge in [0.15, 0.2) is 0 Å². The molecule has 0 radical (unpaired) electrons. The lowest BCUT2D eigenvalue weighted by Crippen LogP contribution is -2.46. The Hall–Kier alpha value is -1.95. The minimum atomic E-state index is -0.232. The summed E-state index contributed by atoms with van der Waals surface area (Å²) in [4.78, 5) is 30.2. The SMILES string of the molecule is CN(CC(=O)N1CCC2(CCC(=O)N(C)CC2)CC1)Cc1ccccc1F. The number of likely N-dealkylation sites (N-methyl/N-ethyl adjacent to an activating group) is 1. The van der Waals surface area contributed by atoms with Crippen LogP contribution in [0, 0.1) is 11.2 Å². The number of carbonyl (C=O) groups excluding carboxylic acids is 2. The number of piperidine rings is 1. The maximum atomic E-state index is 13.8. The van der Waals surface area contributed by atoms with Crippen LogP contribution in [0.3, 0.4) is 0 Å². The van der Waals surface area contributed by atoms with Crippen molar-refractivity contribution in [1.82, 2.24) is 14.7 Å². The van der Waals surface area contributed by atoms with Crippen LogP contribution in [0.15, 0.2) is 24.3 Å². The Labute approximate surface area is 161 Å². The molecular weight excluding hydrogens is 345 g/mol. The summed E-state index contributed by atoms with van der Waals surface area (Å²) >= 11 is 0. The first kappa shape index (κ1) is 19.8. The first-order valence-corrected chi connectivity index (χ1v) is 9.82. The summed E-state index contributed by atoms with van der Waals surface area (Å²) < 4.78 is 13.8. The van der Waals surface area contributed by atoms with Gasteiger partial charge < -0.3 is 9.80 Å². The van der Waals surface area contributed by atoms with E-state index >= 15 is 0 Å². The molecule has 0 aliphatic carbocycles. The highest BCUT2D eigenvalue weighted by Gasteiger charge is 2.38. The van der Waals surface area contributed by atoms with Gasteiger partial charge in [0.1, 0.15) is 5.82 Å². The zero-order valence-corrected chi connectivity index (χ0v) is 16.4. The molecule has 2 saturated heterocycles. The summed E-state index contributed by atoms with van der Waals surface area (Å²) in [5.74, 6) is 0.107. The van der Waals surface area contributed by atoms with Crippen molar-refractivity contribution in [2.24, 2.45) is 5.41 Å². The van der Waals surface area contributed by atoms with Gasteiger partial charge in [0, 0.05) is 45.2 Å². The summed E-state index contributed by atoms with van der Waals surface area (Å²) in [5, 5.41) is 0. The molecule has 0 bridgehead atoms. The molecule has 1 aromatic carbocycles. The van der Waals surface area contributed by atoms with E-state index in [0.717, 1.165) is 45.3 Å². The fourth-order valence-corrected chi connectivity index (χ4v) is 4.25. The third-order valence-corrected chi connectivity index (χ3v) is 6.25. The van der Waals surface area contributed by atoms with Crippen LogP contribution >= 0.6 is 0 Å². The van der Waals surface area contributed by atoms with Crippen LogP contribution in [0.2, 0.25) is 0 Å². The lowest BCUT2D eigenvalue weighted by molar-refractivity contribution is -0.135. The van der Waals surface area contributed by atoms with Crippen LogP contribution < -0.4 is 0 Å². The van der Waals surface area contributed by atoms with Gasteiger partial charge in [0.25, 0.3) is 0 Å². The lowest BCUT2D eigenvalue weighted by atomic mass is 9.73. The van der Waals surface area contributed by atoms with Gasteiger partial charge in [0.05, 0.1) is 6.54 Å². The second kappa shape index (κ2) is 8.38. The molecule has 2 heterocycles. The normalized spacial score (nSPS) is 20.2. The van der Waals surface area contributed by atoms with Crippen LogP contribution in [-0.4, -0.2) is 66.8 Å². The zero-order valence-electron chi connectivity index (χ0n) is 16.4. The number of likely N-dealkylation sites (tertiary alicyclic amines) is 2. The van der Waals surface area contributed by atoms with Crippen molar-refractivity contribution in [3.63, 3.8) is 0 Å². The summed E-state index contributed by atoms with van der Waals surface area (Å²) in [6.45, 7) is 3.04. The van der Waals surface area contributed by atoms with E-state index in [0.29, 0.717) is 25.1 Å². The molecule has 5 nitrogen and oxygen atoms in total. The Balaban J connectivity index is 1.49. The predicted octanol–water partition coefficient (Wildman–Crippen LogP) is 2.51. The van der Waals surface area contributed by atoms with Gasteiger partial charge in [-0.3, -0.25) is 14.5 Å². The van der Waals surface area contributed by atoms with E-state index in [2.05, 4.69) is 0 Å². The summed E-state index contributed by atoms with van der Waals surface area (Å²) in [7, 11) is 3.73. The Morgan fingerprint density at radius 3 is 2.52 bits per heavy atom. The molecule has 0 unspecified atom stereocenters. The number of hydrogen-bond donors (Lipinski definition) is 0. The molecule has 27 heavy (non-hydrogen) atoms. The van der Waals surface area contributed by atoms with E-state index in [-0.39, 0.29) is 23.0 Å². The molecule has 6 heteroatoms. The van der Waals surface area contributed by atoms with Crippen LogP contribution in [0.1, 0.15) is 37.7 Å². The predicted molar refractivity (Wildman–Crippen MR) is 102 cm³/mol. The second-order valence-corrected chi connectivity index (χ2v) is 8.21. The minimum Gasteiger partial charge on any atom is -0.346 e. The van der Waals surface area contributed by atoms with Crippen molar-refractivity contribution < 1.29 is 14.0 Å². The molecule has 0 aromatic heterocycles. The highest BCUT2D eigenvalue weighted by atomic mass is 19.1. The topological polar surface area (TPSA) is 43.9 Å². The fourth-order valence-electron chi connectivity index (χ4n) is 4.25. The Kier molecular flexibility index (Phi) is 6.15. The molecule has 0 N–H and O–H groups in total. The number of carbonyl (C=O) groups is 2. The molecule has 1 spiro atoms. The first-order valence-electron chi connectivity index (χ1n) is 9.82. The second-order valence-electron chi connectivity index (χ2n) is 8.21. The molecule has 2 aliphatic rings. The van der Waals surface area contributed by atoms with Gasteiger partial charge >= 0.3 is 0 Å². The minimum absolute atomic E-state index is 0.102. The molecule has 1 aromatic rings. The zero-order chi connectivity index (χ0) is 19.4. The first-order chi connectivity index (χ1) is 12.9. The number of halogens is 1. The number of hydrogen-bond acceptors (Lipinski definition) is 3. The van der Waals surface area contributed by atoms with E-state index in [9.17, 15) is 14.0 Å². The number of benzene rings is 1. The number of amides is 2. The van der Waals surface area contributed by atoms with E-state index in [1.165, 1.54) is 6.07 Å². The quantitative estimate of drug-likeness (QED) is 0.812. The molecule has 0 saturated carbocycles. The molecule has 2 fully saturated rings. The van der Waals surface area contributed by atoms with Gasteiger partial charge in [-0.15, -0.1) is 0 Å². The van der Waals surface area contributed by atoms with Gasteiger partial charge in [-0.2, -0.15) is 0 Å². The molecule has 2 aliphatic heterocycles. The molecule has 148 valence electrons. The third-order valence-electron chi connectivity index (χ3n) is 6.25. The fraction of sp³-hybridized carbons (Fsp3) is 0.619. The van der Waals surface area contributed by atoms with Gasteiger partial charge in [-0.25, -0.2) is 4.39 Å². The van der Waals surface area contributed by atoms with E-state index in [1.807, 2.05) is 34.9 Å². The Morgan fingerprint density at radius 1 is 1.15 bits per heavy atom. The third kappa shape index (κ3) is 4.86. The average molecular weight is 375 g/mol. The highest BCUT2D eigenvalue weighted by molar-refractivity contribution is 5.78. The lowest BCUT2D eigenvalue weighted by Gasteiger charge is -2.41. The largest absolute Gasteiger partial charge is 0.346 e. The molecule has 2 amide bonds. The number of rotatable bonds is 4. The highest BCUT2D eigenvalue weighted by Crippen LogP contribution is 2.41. The van der Waals surface area contributed by atoms with Crippen molar-refractivity contribution in [1.29, 1.82) is 0 Å². The van der Waals surface area contributed by atoms with Crippen LogP contribution in [-0.2, 0) is 16.1 Å². The Morgan fingerprint density at radius 2 is 1.81 bits per heavy atom.